The van der Waals surface area contributed by atoms with E-state index >= 15 is 0 Å². The van der Waals surface area contributed by atoms with Crippen LogP contribution >= 0.6 is 0 Å². The Hall–Kier alpha value is -0.870. The van der Waals surface area contributed by atoms with Gasteiger partial charge in [0.2, 0.25) is 0 Å². The van der Waals surface area contributed by atoms with Crippen molar-refractivity contribution in [2.75, 3.05) is 19.8 Å². The molecule has 0 saturated heterocycles. The van der Waals surface area contributed by atoms with Gasteiger partial charge in [0, 0.05) is 38.4 Å². The molecule has 4 nitrogen and oxygen atoms in total. The molecule has 110 valence electrons. The van der Waals surface area contributed by atoms with Crippen molar-refractivity contribution in [3.05, 3.63) is 17.5 Å². The van der Waals surface area contributed by atoms with Gasteiger partial charge in [0.25, 0.3) is 0 Å². The third-order valence-corrected chi connectivity index (χ3v) is 3.30. The normalized spacial score (nSPS) is 12.8. The van der Waals surface area contributed by atoms with Gasteiger partial charge >= 0.3 is 0 Å². The van der Waals surface area contributed by atoms with Gasteiger partial charge in [0.05, 0.1) is 5.69 Å². The van der Waals surface area contributed by atoms with Crippen LogP contribution in [-0.4, -0.2) is 35.6 Å². The fourth-order valence-corrected chi connectivity index (χ4v) is 2.22. The summed E-state index contributed by atoms with van der Waals surface area (Å²) >= 11 is 0. The van der Waals surface area contributed by atoms with Crippen molar-refractivity contribution in [3.8, 4) is 0 Å². The highest BCUT2D eigenvalue weighted by Gasteiger charge is 2.12. The molecule has 1 rings (SSSR count). The Morgan fingerprint density at radius 3 is 2.68 bits per heavy atom. The molecule has 0 aliphatic heterocycles. The first-order valence-corrected chi connectivity index (χ1v) is 7.54. The summed E-state index contributed by atoms with van der Waals surface area (Å²) in [4.78, 5) is 0. The minimum Gasteiger partial charge on any atom is -0.381 e. The molecule has 0 amide bonds. The molecule has 0 radical (unpaired) electrons. The SMILES string of the molecule is CCCOCCC(Cc1cc(CC)nn1C)NCC. The summed E-state index contributed by atoms with van der Waals surface area (Å²) in [7, 11) is 2.03. The number of rotatable bonds is 10. The number of nitrogens with one attached hydrogen (secondary N) is 1. The summed E-state index contributed by atoms with van der Waals surface area (Å²) in [6.07, 6.45) is 4.17. The standard InChI is InChI=1S/C15H29N3O/c1-5-9-19-10-8-14(16-7-3)12-15-11-13(6-2)17-18(15)4/h11,14,16H,5-10,12H2,1-4H3. The van der Waals surface area contributed by atoms with E-state index in [2.05, 4.69) is 37.3 Å². The molecule has 1 N–H and O–H groups in total. The number of likely N-dealkylation sites (N-methyl/N-ethyl adjacent to an activating group) is 1. The number of ether oxygens (including phenoxy) is 1. The summed E-state index contributed by atoms with van der Waals surface area (Å²) in [5.41, 5.74) is 2.48. The van der Waals surface area contributed by atoms with E-state index in [4.69, 9.17) is 4.74 Å². The number of aryl methyl sites for hydroxylation is 2. The van der Waals surface area contributed by atoms with Crippen LogP contribution in [0.5, 0.6) is 0 Å². The Balaban J connectivity index is 2.49. The second kappa shape index (κ2) is 9.10. The minimum atomic E-state index is 0.474. The first-order chi connectivity index (χ1) is 9.21. The predicted octanol–water partition coefficient (Wildman–Crippen LogP) is 2.32. The van der Waals surface area contributed by atoms with Crippen molar-refractivity contribution in [1.29, 1.82) is 0 Å². The lowest BCUT2D eigenvalue weighted by atomic mass is 10.1. The van der Waals surface area contributed by atoms with Gasteiger partial charge in [-0.1, -0.05) is 20.8 Å². The van der Waals surface area contributed by atoms with Crippen molar-refractivity contribution >= 4 is 0 Å². The van der Waals surface area contributed by atoms with E-state index in [0.717, 1.165) is 45.4 Å². The summed E-state index contributed by atoms with van der Waals surface area (Å²) < 4.78 is 7.60. The van der Waals surface area contributed by atoms with Crippen molar-refractivity contribution < 1.29 is 4.74 Å². The van der Waals surface area contributed by atoms with Crippen LogP contribution in [0.25, 0.3) is 0 Å². The second-order valence-corrected chi connectivity index (χ2v) is 4.96. The predicted molar refractivity (Wildman–Crippen MR) is 79.5 cm³/mol. The fourth-order valence-electron chi connectivity index (χ4n) is 2.22. The van der Waals surface area contributed by atoms with Gasteiger partial charge in [-0.2, -0.15) is 5.10 Å². The maximum atomic E-state index is 5.59. The lowest BCUT2D eigenvalue weighted by Gasteiger charge is -2.17. The monoisotopic (exact) mass is 267 g/mol. The topological polar surface area (TPSA) is 39.1 Å². The number of hydrogen-bond acceptors (Lipinski definition) is 3. The Labute approximate surface area is 117 Å². The van der Waals surface area contributed by atoms with Crippen molar-refractivity contribution in [1.82, 2.24) is 15.1 Å². The quantitative estimate of drug-likeness (QED) is 0.661. The van der Waals surface area contributed by atoms with Gasteiger partial charge in [0.15, 0.2) is 0 Å². The molecule has 1 heterocycles. The smallest absolute Gasteiger partial charge is 0.0624 e. The van der Waals surface area contributed by atoms with E-state index < -0.39 is 0 Å². The van der Waals surface area contributed by atoms with Gasteiger partial charge in [-0.05, 0) is 31.9 Å². The average molecular weight is 267 g/mol. The number of nitrogens with zero attached hydrogens (tertiary/aromatic N) is 2. The molecule has 0 aromatic carbocycles. The Kier molecular flexibility index (Phi) is 7.75. The highest BCUT2D eigenvalue weighted by Crippen LogP contribution is 2.09. The van der Waals surface area contributed by atoms with Crippen LogP contribution < -0.4 is 5.32 Å². The average Bonchev–Trinajstić information content (AvgIpc) is 2.75. The lowest BCUT2D eigenvalue weighted by Crippen LogP contribution is -2.32. The molecule has 0 aliphatic rings. The maximum Gasteiger partial charge on any atom is 0.0624 e. The van der Waals surface area contributed by atoms with Crippen molar-refractivity contribution in [2.45, 2.75) is 52.5 Å². The maximum absolute atomic E-state index is 5.59. The molecule has 4 heteroatoms. The van der Waals surface area contributed by atoms with Crippen molar-refractivity contribution in [3.63, 3.8) is 0 Å². The van der Waals surface area contributed by atoms with Gasteiger partial charge in [0.1, 0.15) is 0 Å². The zero-order valence-electron chi connectivity index (χ0n) is 12.9. The van der Waals surface area contributed by atoms with Crippen LogP contribution in [0.3, 0.4) is 0 Å². The van der Waals surface area contributed by atoms with Crippen molar-refractivity contribution in [2.24, 2.45) is 7.05 Å². The molecule has 1 atom stereocenters. The van der Waals surface area contributed by atoms with E-state index in [1.165, 1.54) is 11.4 Å². The molecule has 19 heavy (non-hydrogen) atoms. The third kappa shape index (κ3) is 5.74. The second-order valence-electron chi connectivity index (χ2n) is 4.96. The van der Waals surface area contributed by atoms with Crippen LogP contribution in [0.4, 0.5) is 0 Å². The molecule has 1 aromatic heterocycles. The Morgan fingerprint density at radius 2 is 2.11 bits per heavy atom. The molecule has 1 aromatic rings. The largest absolute Gasteiger partial charge is 0.381 e. The van der Waals surface area contributed by atoms with Gasteiger partial charge in [-0.3, -0.25) is 4.68 Å². The summed E-state index contributed by atoms with van der Waals surface area (Å²) in [5.74, 6) is 0. The fraction of sp³-hybridized carbons (Fsp3) is 0.800. The summed E-state index contributed by atoms with van der Waals surface area (Å²) in [5, 5.41) is 8.05. The highest BCUT2D eigenvalue weighted by atomic mass is 16.5. The number of hydrogen-bond donors (Lipinski definition) is 1. The zero-order valence-corrected chi connectivity index (χ0v) is 12.9. The van der Waals surface area contributed by atoms with E-state index in [1.807, 2.05) is 11.7 Å². The molecule has 0 bridgehead atoms. The third-order valence-electron chi connectivity index (χ3n) is 3.30. The molecule has 0 aliphatic carbocycles. The number of aromatic nitrogens is 2. The van der Waals surface area contributed by atoms with Gasteiger partial charge < -0.3 is 10.1 Å². The van der Waals surface area contributed by atoms with Crippen LogP contribution in [0, 0.1) is 0 Å². The minimum absolute atomic E-state index is 0.474. The summed E-state index contributed by atoms with van der Waals surface area (Å²) in [6.45, 7) is 9.14. The molecule has 0 spiro atoms. The van der Waals surface area contributed by atoms with E-state index in [1.54, 1.807) is 0 Å². The van der Waals surface area contributed by atoms with Crippen LogP contribution in [0.2, 0.25) is 0 Å². The van der Waals surface area contributed by atoms with Gasteiger partial charge in [-0.25, -0.2) is 0 Å². The summed E-state index contributed by atoms with van der Waals surface area (Å²) in [6, 6.07) is 2.69. The first kappa shape index (κ1) is 16.2. The van der Waals surface area contributed by atoms with Gasteiger partial charge in [-0.15, -0.1) is 0 Å². The molecular weight excluding hydrogens is 238 g/mol. The Morgan fingerprint density at radius 1 is 1.32 bits per heavy atom. The van der Waals surface area contributed by atoms with Crippen LogP contribution in [0.15, 0.2) is 6.07 Å². The molecular formula is C15H29N3O. The van der Waals surface area contributed by atoms with E-state index in [9.17, 15) is 0 Å². The molecule has 0 saturated carbocycles. The first-order valence-electron chi connectivity index (χ1n) is 7.54. The highest BCUT2D eigenvalue weighted by molar-refractivity contribution is 5.11. The zero-order chi connectivity index (χ0) is 14.1. The van der Waals surface area contributed by atoms with Crippen LogP contribution in [0.1, 0.15) is 45.0 Å². The van der Waals surface area contributed by atoms with E-state index in [0.29, 0.717) is 6.04 Å². The molecule has 0 fully saturated rings. The van der Waals surface area contributed by atoms with E-state index in [-0.39, 0.29) is 0 Å². The molecule has 1 unspecified atom stereocenters. The van der Waals surface area contributed by atoms with Crippen LogP contribution in [-0.2, 0) is 24.6 Å². The lowest BCUT2D eigenvalue weighted by molar-refractivity contribution is 0.124. The Bertz CT molecular complexity index is 349.